The lowest BCUT2D eigenvalue weighted by Crippen LogP contribution is -2.12. The van der Waals surface area contributed by atoms with E-state index in [2.05, 4.69) is 25.8 Å². The zero-order valence-corrected chi connectivity index (χ0v) is 19.1. The lowest BCUT2D eigenvalue weighted by Gasteiger charge is -2.18. The maximum Gasteiger partial charge on any atom is 0.344 e. The average molecular weight is 453 g/mol. The maximum absolute atomic E-state index is 12.5. The largest absolute Gasteiger partial charge is 0.506 e. The van der Waals surface area contributed by atoms with Crippen molar-refractivity contribution in [3.05, 3.63) is 86.0 Å². The van der Waals surface area contributed by atoms with E-state index in [0.29, 0.717) is 10.6 Å². The summed E-state index contributed by atoms with van der Waals surface area (Å²) >= 11 is 1.14. The number of esters is 1. The van der Waals surface area contributed by atoms with Gasteiger partial charge in [-0.25, -0.2) is 9.79 Å². The molecule has 0 spiro atoms. The first kappa shape index (κ1) is 23.3. The Morgan fingerprint density at radius 3 is 2.31 bits per heavy atom. The quantitative estimate of drug-likeness (QED) is 0.335. The van der Waals surface area contributed by atoms with E-state index in [1.54, 1.807) is 13.0 Å². The first-order valence-electron chi connectivity index (χ1n) is 10.0. The second-order valence-corrected chi connectivity index (χ2v) is 9.15. The molecule has 0 atom stereocenters. The number of nitrogens with zero attached hydrogens (tertiary/aromatic N) is 2. The Labute approximate surface area is 190 Å². The van der Waals surface area contributed by atoms with E-state index in [4.69, 9.17) is 4.74 Å². The van der Waals surface area contributed by atoms with Crippen LogP contribution in [0.1, 0.15) is 38.8 Å². The minimum Gasteiger partial charge on any atom is -0.506 e. The topological polar surface area (TPSA) is 102 Å². The molecule has 1 heterocycles. The number of benzene rings is 2. The van der Waals surface area contributed by atoms with Gasteiger partial charge < -0.3 is 9.84 Å². The Balaban J connectivity index is 1.98. The van der Waals surface area contributed by atoms with Crippen LogP contribution in [-0.4, -0.2) is 27.6 Å². The summed E-state index contributed by atoms with van der Waals surface area (Å²) in [6.45, 7) is 8.23. The molecule has 0 bridgehead atoms. The molecular formula is C24H24N2O5S. The molecule has 2 aromatic carbocycles. The van der Waals surface area contributed by atoms with Gasteiger partial charge in [0.05, 0.1) is 22.1 Å². The molecule has 32 heavy (non-hydrogen) atoms. The number of carbonyl (C=O) groups is 1. The van der Waals surface area contributed by atoms with Crippen molar-refractivity contribution in [2.45, 2.75) is 33.1 Å². The fourth-order valence-corrected chi connectivity index (χ4v) is 4.02. The predicted octanol–water partition coefficient (Wildman–Crippen LogP) is 6.09. The number of aliphatic imine (C=N–C) groups is 1. The molecule has 0 saturated heterocycles. The number of non-ortho nitro benzene ring substituents is 1. The van der Waals surface area contributed by atoms with Crippen molar-refractivity contribution < 1.29 is 19.6 Å². The van der Waals surface area contributed by atoms with Crippen molar-refractivity contribution in [3.8, 4) is 0 Å². The van der Waals surface area contributed by atoms with E-state index in [1.807, 2.05) is 24.3 Å². The number of nitro benzene ring substituents is 1. The zero-order valence-electron chi connectivity index (χ0n) is 18.3. The van der Waals surface area contributed by atoms with Crippen LogP contribution in [0.3, 0.4) is 0 Å². The normalized spacial score (nSPS) is 16.6. The molecule has 1 N–H and O–H groups in total. The van der Waals surface area contributed by atoms with Gasteiger partial charge in [-0.05, 0) is 41.7 Å². The number of aliphatic hydroxyl groups is 1. The van der Waals surface area contributed by atoms with Crippen LogP contribution in [0.4, 0.5) is 11.4 Å². The van der Waals surface area contributed by atoms with E-state index in [9.17, 15) is 20.0 Å². The van der Waals surface area contributed by atoms with Crippen LogP contribution in [0.2, 0.25) is 0 Å². The smallest absolute Gasteiger partial charge is 0.344 e. The molecule has 8 heteroatoms. The summed E-state index contributed by atoms with van der Waals surface area (Å²) in [5, 5.41) is 21.9. The number of ether oxygens (including phenoxy) is 1. The molecule has 2 aromatic rings. The van der Waals surface area contributed by atoms with Gasteiger partial charge in [0.25, 0.3) is 5.69 Å². The highest BCUT2D eigenvalue weighted by Gasteiger charge is 2.33. The van der Waals surface area contributed by atoms with E-state index in [0.717, 1.165) is 17.3 Å². The van der Waals surface area contributed by atoms with Crippen molar-refractivity contribution >= 4 is 40.2 Å². The van der Waals surface area contributed by atoms with Gasteiger partial charge in [0.1, 0.15) is 16.4 Å². The predicted molar refractivity (Wildman–Crippen MR) is 127 cm³/mol. The van der Waals surface area contributed by atoms with Gasteiger partial charge >= 0.3 is 5.97 Å². The Kier molecular flexibility index (Phi) is 6.84. The number of thioether (sulfide) groups is 1. The number of hydrogen-bond acceptors (Lipinski definition) is 7. The third-order valence-corrected chi connectivity index (χ3v) is 5.76. The summed E-state index contributed by atoms with van der Waals surface area (Å²) in [6.07, 6.45) is 1.78. The first-order chi connectivity index (χ1) is 15.1. The van der Waals surface area contributed by atoms with E-state index in [1.165, 1.54) is 29.8 Å². The molecule has 166 valence electrons. The Bertz CT molecular complexity index is 1120. The van der Waals surface area contributed by atoms with E-state index < -0.39 is 10.9 Å². The van der Waals surface area contributed by atoms with Crippen molar-refractivity contribution in [2.75, 3.05) is 6.61 Å². The van der Waals surface area contributed by atoms with Crippen molar-refractivity contribution in [2.24, 2.45) is 4.99 Å². The molecule has 0 unspecified atom stereocenters. The standard InChI is InChI=1S/C24H24N2O5S/c1-5-31-23(28)20-21(27)19(14-15-6-8-16(9-7-15)24(2,3)4)32-22(20)25-17-10-12-18(13-11-17)26(29)30/h6-14,27H,5H2,1-4H3/b19-14-,25-22?. The summed E-state index contributed by atoms with van der Waals surface area (Å²) in [5.74, 6) is -0.876. The summed E-state index contributed by atoms with van der Waals surface area (Å²) in [5.41, 5.74) is 2.42. The molecular weight excluding hydrogens is 428 g/mol. The third-order valence-electron chi connectivity index (χ3n) is 4.74. The lowest BCUT2D eigenvalue weighted by molar-refractivity contribution is -0.384. The van der Waals surface area contributed by atoms with Crippen LogP contribution in [0.15, 0.2) is 69.8 Å². The summed E-state index contributed by atoms with van der Waals surface area (Å²) < 4.78 is 5.10. The SMILES string of the molecule is CCOC(=O)C1=C(O)/C(=C/c2ccc(C(C)(C)C)cc2)SC1=Nc1ccc([N+](=O)[O-])cc1. The van der Waals surface area contributed by atoms with Crippen LogP contribution in [0, 0.1) is 10.1 Å². The number of hydrogen-bond donors (Lipinski definition) is 1. The fourth-order valence-electron chi connectivity index (χ4n) is 2.99. The molecule has 0 aromatic heterocycles. The highest BCUT2D eigenvalue weighted by molar-refractivity contribution is 8.18. The minimum absolute atomic E-state index is 0.0206. The molecule has 7 nitrogen and oxygen atoms in total. The number of nitro groups is 1. The molecule has 3 rings (SSSR count). The second kappa shape index (κ2) is 9.40. The summed E-state index contributed by atoms with van der Waals surface area (Å²) in [6, 6.07) is 13.6. The highest BCUT2D eigenvalue weighted by atomic mass is 32.2. The second-order valence-electron chi connectivity index (χ2n) is 8.12. The van der Waals surface area contributed by atoms with E-state index >= 15 is 0 Å². The number of rotatable bonds is 5. The summed E-state index contributed by atoms with van der Waals surface area (Å²) in [4.78, 5) is 27.8. The Morgan fingerprint density at radius 2 is 1.78 bits per heavy atom. The van der Waals surface area contributed by atoms with Crippen LogP contribution < -0.4 is 0 Å². The molecule has 0 radical (unpaired) electrons. The van der Waals surface area contributed by atoms with Gasteiger partial charge in [-0.2, -0.15) is 0 Å². The first-order valence-corrected chi connectivity index (χ1v) is 10.9. The fraction of sp³-hybridized carbons (Fsp3) is 0.250. The van der Waals surface area contributed by atoms with Gasteiger partial charge in [-0.15, -0.1) is 0 Å². The number of aliphatic hydroxyl groups excluding tert-OH is 1. The van der Waals surface area contributed by atoms with Crippen LogP contribution >= 0.6 is 11.8 Å². The maximum atomic E-state index is 12.5. The van der Waals surface area contributed by atoms with Crippen molar-refractivity contribution in [3.63, 3.8) is 0 Å². The lowest BCUT2D eigenvalue weighted by atomic mass is 9.87. The van der Waals surface area contributed by atoms with Gasteiger partial charge in [0.15, 0.2) is 0 Å². The highest BCUT2D eigenvalue weighted by Crippen LogP contribution is 2.40. The molecule has 1 aliphatic rings. The molecule has 0 fully saturated rings. The van der Waals surface area contributed by atoms with Crippen molar-refractivity contribution in [1.82, 2.24) is 0 Å². The van der Waals surface area contributed by atoms with Crippen LogP contribution in [0.25, 0.3) is 6.08 Å². The van der Waals surface area contributed by atoms with Gasteiger partial charge in [-0.1, -0.05) is 56.8 Å². The molecule has 0 aliphatic carbocycles. The van der Waals surface area contributed by atoms with Gasteiger partial charge in [0, 0.05) is 12.1 Å². The van der Waals surface area contributed by atoms with Crippen molar-refractivity contribution in [1.29, 1.82) is 0 Å². The zero-order chi connectivity index (χ0) is 23.5. The summed E-state index contributed by atoms with van der Waals surface area (Å²) in [7, 11) is 0. The monoisotopic (exact) mass is 452 g/mol. The number of carbonyl (C=O) groups excluding carboxylic acids is 1. The molecule has 0 amide bonds. The van der Waals surface area contributed by atoms with Gasteiger partial charge in [-0.3, -0.25) is 10.1 Å². The van der Waals surface area contributed by atoms with Gasteiger partial charge in [0.2, 0.25) is 0 Å². The van der Waals surface area contributed by atoms with Crippen LogP contribution in [-0.2, 0) is 14.9 Å². The third kappa shape index (κ3) is 5.26. The molecule has 1 aliphatic heterocycles. The minimum atomic E-state index is -0.676. The molecule has 0 saturated carbocycles. The van der Waals surface area contributed by atoms with E-state index in [-0.39, 0.29) is 34.1 Å². The Morgan fingerprint density at radius 1 is 1.16 bits per heavy atom. The van der Waals surface area contributed by atoms with Crippen LogP contribution in [0.5, 0.6) is 0 Å². The Hall–Kier alpha value is -3.39. The average Bonchev–Trinajstić information content (AvgIpc) is 3.03.